The molecular formula is C29H38N2O5. The summed E-state index contributed by atoms with van der Waals surface area (Å²) in [6, 6.07) is 13.5. The Morgan fingerprint density at radius 1 is 1.11 bits per heavy atom. The van der Waals surface area contributed by atoms with E-state index in [4.69, 9.17) is 4.74 Å². The minimum Gasteiger partial charge on any atom is -0.480 e. The summed E-state index contributed by atoms with van der Waals surface area (Å²) in [6.07, 6.45) is 1.35. The first-order valence-electron chi connectivity index (χ1n) is 12.6. The minimum absolute atomic E-state index is 0.0615. The van der Waals surface area contributed by atoms with Crippen LogP contribution in [0, 0.1) is 0 Å². The Bertz CT molecular complexity index is 1080. The summed E-state index contributed by atoms with van der Waals surface area (Å²) in [5.41, 5.74) is 4.07. The molecule has 3 rings (SSSR count). The van der Waals surface area contributed by atoms with Crippen LogP contribution in [0.4, 0.5) is 0 Å². The van der Waals surface area contributed by atoms with E-state index in [-0.39, 0.29) is 30.9 Å². The highest BCUT2D eigenvalue weighted by molar-refractivity contribution is 5.88. The highest BCUT2D eigenvalue weighted by Crippen LogP contribution is 2.30. The van der Waals surface area contributed by atoms with Gasteiger partial charge in [0.1, 0.15) is 12.1 Å². The number of esters is 1. The van der Waals surface area contributed by atoms with Gasteiger partial charge >= 0.3 is 11.9 Å². The maximum atomic E-state index is 13.5. The Morgan fingerprint density at radius 2 is 1.81 bits per heavy atom. The number of fused-ring (bicyclic) bond motifs is 1. The molecule has 0 fully saturated rings. The first-order valence-corrected chi connectivity index (χ1v) is 12.6. The minimum atomic E-state index is -1.04. The fraction of sp³-hybridized carbons (Fsp3) is 0.483. The molecule has 1 aliphatic heterocycles. The third-order valence-electron chi connectivity index (χ3n) is 6.73. The normalized spacial score (nSPS) is 17.1. The van der Waals surface area contributed by atoms with E-state index in [2.05, 4.69) is 32.2 Å². The van der Waals surface area contributed by atoms with Crippen LogP contribution in [-0.2, 0) is 43.9 Å². The summed E-state index contributed by atoms with van der Waals surface area (Å²) in [6.45, 7) is 10.2. The van der Waals surface area contributed by atoms with Crippen LogP contribution in [0.2, 0.25) is 0 Å². The predicted octanol–water partition coefficient (Wildman–Crippen LogP) is 3.86. The maximum absolute atomic E-state index is 13.5. The molecule has 1 heterocycles. The van der Waals surface area contributed by atoms with Crippen molar-refractivity contribution in [2.75, 3.05) is 6.61 Å². The molecule has 0 spiro atoms. The number of nitrogens with zero attached hydrogens (tertiary/aromatic N) is 1. The molecule has 0 aliphatic carbocycles. The number of aryl methyl sites for hydroxylation is 1. The molecule has 2 aromatic rings. The molecule has 1 aliphatic rings. The highest BCUT2D eigenvalue weighted by atomic mass is 16.5. The number of hydrogen-bond acceptors (Lipinski definition) is 5. The third-order valence-corrected chi connectivity index (χ3v) is 6.73. The van der Waals surface area contributed by atoms with Crippen LogP contribution in [0.1, 0.15) is 63.3 Å². The van der Waals surface area contributed by atoms with Gasteiger partial charge < -0.3 is 14.7 Å². The summed E-state index contributed by atoms with van der Waals surface area (Å²) in [5.74, 6) is -1.79. The zero-order valence-electron chi connectivity index (χ0n) is 21.9. The van der Waals surface area contributed by atoms with Crippen LogP contribution in [-0.4, -0.2) is 52.6 Å². The molecule has 1 amide bonds. The second-order valence-corrected chi connectivity index (χ2v) is 10.5. The Balaban J connectivity index is 1.78. The number of rotatable bonds is 9. The van der Waals surface area contributed by atoms with Crippen molar-refractivity contribution >= 4 is 17.8 Å². The quantitative estimate of drug-likeness (QED) is 0.514. The largest absolute Gasteiger partial charge is 0.480 e. The SMILES string of the molecule is CCOC(=O)[C@H](CCc1ccccc1)N[C@@H](C)C(=O)N1Cc2cc(C(C)(C)C)ccc2CC1C(=O)O. The monoisotopic (exact) mass is 494 g/mol. The van der Waals surface area contributed by atoms with Crippen LogP contribution in [0.25, 0.3) is 0 Å². The molecule has 2 aromatic carbocycles. The van der Waals surface area contributed by atoms with E-state index in [0.29, 0.717) is 12.8 Å². The van der Waals surface area contributed by atoms with Gasteiger partial charge in [-0.05, 0) is 54.4 Å². The summed E-state index contributed by atoms with van der Waals surface area (Å²) >= 11 is 0. The first-order chi connectivity index (χ1) is 17.0. The highest BCUT2D eigenvalue weighted by Gasteiger charge is 2.37. The van der Waals surface area contributed by atoms with Gasteiger partial charge in [-0.15, -0.1) is 0 Å². The number of carbonyl (C=O) groups excluding carboxylic acids is 2. The number of ether oxygens (including phenoxy) is 1. The van der Waals surface area contributed by atoms with Gasteiger partial charge in [-0.3, -0.25) is 14.9 Å². The molecule has 0 saturated carbocycles. The Morgan fingerprint density at radius 3 is 2.42 bits per heavy atom. The summed E-state index contributed by atoms with van der Waals surface area (Å²) < 4.78 is 5.25. The lowest BCUT2D eigenvalue weighted by atomic mass is 9.83. The number of hydrogen-bond donors (Lipinski definition) is 2. The fourth-order valence-corrected chi connectivity index (χ4v) is 4.59. The van der Waals surface area contributed by atoms with Crippen molar-refractivity contribution in [3.8, 4) is 0 Å². The standard InChI is InChI=1S/C29H38N2O5/c1-6-36-28(35)24(15-12-20-10-8-7-9-11-20)30-19(2)26(32)31-18-22-16-23(29(3,4)5)14-13-21(22)17-25(31)27(33)34/h7-11,13-14,16,19,24-25,30H,6,12,15,17-18H2,1-5H3,(H,33,34)/t19-,24-,25?/m0/s1. The van der Waals surface area contributed by atoms with Gasteiger partial charge in [-0.2, -0.15) is 0 Å². The van der Waals surface area contributed by atoms with Crippen molar-refractivity contribution < 1.29 is 24.2 Å². The fourth-order valence-electron chi connectivity index (χ4n) is 4.59. The van der Waals surface area contributed by atoms with Crippen molar-refractivity contribution in [2.24, 2.45) is 0 Å². The smallest absolute Gasteiger partial charge is 0.326 e. The van der Waals surface area contributed by atoms with E-state index in [1.807, 2.05) is 42.5 Å². The Kier molecular flexibility index (Phi) is 8.90. The van der Waals surface area contributed by atoms with E-state index in [1.165, 1.54) is 4.90 Å². The molecule has 0 saturated heterocycles. The average Bonchev–Trinajstić information content (AvgIpc) is 2.84. The van der Waals surface area contributed by atoms with Gasteiger partial charge in [0.15, 0.2) is 0 Å². The van der Waals surface area contributed by atoms with Crippen molar-refractivity contribution in [1.82, 2.24) is 10.2 Å². The summed E-state index contributed by atoms with van der Waals surface area (Å²) in [4.78, 5) is 39.7. The molecule has 7 heteroatoms. The lowest BCUT2D eigenvalue weighted by Crippen LogP contribution is -2.56. The molecule has 3 atom stereocenters. The summed E-state index contributed by atoms with van der Waals surface area (Å²) in [7, 11) is 0. The Labute approximate surface area is 213 Å². The number of carboxylic acid groups (broad SMARTS) is 1. The van der Waals surface area contributed by atoms with Crippen LogP contribution < -0.4 is 5.32 Å². The third kappa shape index (κ3) is 6.72. The van der Waals surface area contributed by atoms with Gasteiger partial charge in [0.05, 0.1) is 12.6 Å². The lowest BCUT2D eigenvalue weighted by Gasteiger charge is -2.37. The zero-order valence-corrected chi connectivity index (χ0v) is 21.9. The molecule has 2 N–H and O–H groups in total. The molecule has 1 unspecified atom stereocenters. The summed E-state index contributed by atoms with van der Waals surface area (Å²) in [5, 5.41) is 13.0. The molecule has 0 aromatic heterocycles. The zero-order chi connectivity index (χ0) is 26.5. The van der Waals surface area contributed by atoms with Crippen LogP contribution in [0.3, 0.4) is 0 Å². The number of amides is 1. The van der Waals surface area contributed by atoms with Gasteiger partial charge in [0.25, 0.3) is 0 Å². The second kappa shape index (κ2) is 11.7. The molecule has 0 bridgehead atoms. The van der Waals surface area contributed by atoms with E-state index < -0.39 is 30.1 Å². The van der Waals surface area contributed by atoms with Crippen molar-refractivity contribution in [2.45, 2.75) is 84.0 Å². The van der Waals surface area contributed by atoms with Crippen molar-refractivity contribution in [3.63, 3.8) is 0 Å². The number of carboxylic acids is 1. The predicted molar refractivity (Wildman–Crippen MR) is 139 cm³/mol. The second-order valence-electron chi connectivity index (χ2n) is 10.5. The topological polar surface area (TPSA) is 95.9 Å². The number of nitrogens with one attached hydrogen (secondary N) is 1. The molecule has 7 nitrogen and oxygen atoms in total. The van der Waals surface area contributed by atoms with E-state index >= 15 is 0 Å². The van der Waals surface area contributed by atoms with Gasteiger partial charge in [-0.1, -0.05) is 69.3 Å². The van der Waals surface area contributed by atoms with E-state index in [1.54, 1.807) is 13.8 Å². The van der Waals surface area contributed by atoms with E-state index in [9.17, 15) is 19.5 Å². The van der Waals surface area contributed by atoms with E-state index in [0.717, 1.165) is 22.3 Å². The number of carbonyl (C=O) groups is 3. The molecule has 36 heavy (non-hydrogen) atoms. The molecule has 0 radical (unpaired) electrons. The maximum Gasteiger partial charge on any atom is 0.326 e. The average molecular weight is 495 g/mol. The van der Waals surface area contributed by atoms with Crippen LogP contribution in [0.5, 0.6) is 0 Å². The Hall–Kier alpha value is -3.19. The number of benzene rings is 2. The van der Waals surface area contributed by atoms with Gasteiger partial charge in [0, 0.05) is 13.0 Å². The van der Waals surface area contributed by atoms with Gasteiger partial charge in [-0.25, -0.2) is 4.79 Å². The van der Waals surface area contributed by atoms with Crippen molar-refractivity contribution in [1.29, 1.82) is 0 Å². The lowest BCUT2D eigenvalue weighted by molar-refractivity contribution is -0.153. The van der Waals surface area contributed by atoms with Crippen LogP contribution >= 0.6 is 0 Å². The molecular weight excluding hydrogens is 456 g/mol. The van der Waals surface area contributed by atoms with Gasteiger partial charge in [0.2, 0.25) is 5.91 Å². The van der Waals surface area contributed by atoms with Crippen LogP contribution in [0.15, 0.2) is 48.5 Å². The molecule has 194 valence electrons. The van der Waals surface area contributed by atoms with Crippen molar-refractivity contribution in [3.05, 3.63) is 70.8 Å². The first kappa shape index (κ1) is 27.4. The number of aliphatic carboxylic acids is 1.